The number of hydrogen-bond acceptors (Lipinski definition) is 8. The summed E-state index contributed by atoms with van der Waals surface area (Å²) in [5.41, 5.74) is -1.97. The third kappa shape index (κ3) is 5.68. The Labute approximate surface area is 235 Å². The van der Waals surface area contributed by atoms with Crippen molar-refractivity contribution < 1.29 is 32.3 Å². The second-order valence-corrected chi connectivity index (χ2v) is 12.8. The number of aromatic hydroxyl groups is 1. The van der Waals surface area contributed by atoms with Gasteiger partial charge in [0, 0.05) is 39.3 Å². The molecule has 3 aliphatic heterocycles. The van der Waals surface area contributed by atoms with Gasteiger partial charge in [0.15, 0.2) is 5.69 Å². The van der Waals surface area contributed by atoms with Gasteiger partial charge in [-0.1, -0.05) is 12.1 Å². The van der Waals surface area contributed by atoms with Gasteiger partial charge in [0.25, 0.3) is 11.5 Å². The molecule has 13 nitrogen and oxygen atoms in total. The first kappa shape index (κ1) is 28.7. The van der Waals surface area contributed by atoms with Crippen molar-refractivity contribution in [2.45, 2.75) is 44.3 Å². The second kappa shape index (κ2) is 10.9. The number of nitrogens with zero attached hydrogens (tertiary/aromatic N) is 4. The van der Waals surface area contributed by atoms with Gasteiger partial charge in [-0.3, -0.25) is 23.7 Å². The van der Waals surface area contributed by atoms with Gasteiger partial charge in [-0.05, 0) is 49.3 Å². The van der Waals surface area contributed by atoms with Crippen LogP contribution in [0.4, 0.5) is 4.39 Å². The minimum Gasteiger partial charge on any atom is -0.501 e. The van der Waals surface area contributed by atoms with Gasteiger partial charge < -0.3 is 20.6 Å². The summed E-state index contributed by atoms with van der Waals surface area (Å²) in [6, 6.07) is 5.44. The summed E-state index contributed by atoms with van der Waals surface area (Å²) in [7, 11) is -3.42. The van der Waals surface area contributed by atoms with Gasteiger partial charge in [0.2, 0.25) is 15.8 Å². The molecule has 3 N–H and O–H groups in total. The first-order chi connectivity index (χ1) is 19.4. The highest BCUT2D eigenvalue weighted by molar-refractivity contribution is 7.88. The Kier molecular flexibility index (Phi) is 7.59. The van der Waals surface area contributed by atoms with Crippen LogP contribution < -0.4 is 16.2 Å². The van der Waals surface area contributed by atoms with E-state index in [9.17, 15) is 37.1 Å². The normalized spacial score (nSPS) is 22.5. The molecule has 1 aromatic heterocycles. The fraction of sp³-hybridized carbons (Fsp3) is 0.500. The van der Waals surface area contributed by atoms with Gasteiger partial charge >= 0.3 is 11.8 Å². The number of nitrogens with one attached hydrogen (secondary N) is 2. The summed E-state index contributed by atoms with van der Waals surface area (Å²) in [6.07, 6.45) is 3.06. The van der Waals surface area contributed by atoms with E-state index in [1.54, 1.807) is 0 Å². The van der Waals surface area contributed by atoms with Crippen molar-refractivity contribution in [1.82, 2.24) is 29.4 Å². The predicted molar refractivity (Wildman–Crippen MR) is 143 cm³/mol. The molecule has 0 spiro atoms. The zero-order valence-corrected chi connectivity index (χ0v) is 23.2. The zero-order chi connectivity index (χ0) is 29.5. The van der Waals surface area contributed by atoms with Crippen molar-refractivity contribution in [2.24, 2.45) is 5.92 Å². The van der Waals surface area contributed by atoms with Crippen molar-refractivity contribution in [3.63, 3.8) is 0 Å². The van der Waals surface area contributed by atoms with Crippen molar-refractivity contribution in [3.8, 4) is 5.75 Å². The van der Waals surface area contributed by atoms with Crippen LogP contribution in [-0.2, 0) is 38.2 Å². The zero-order valence-electron chi connectivity index (χ0n) is 22.4. The average molecular weight is 591 g/mol. The van der Waals surface area contributed by atoms with E-state index in [1.807, 2.05) is 0 Å². The fourth-order valence-electron chi connectivity index (χ4n) is 5.76. The molecule has 2 fully saturated rings. The van der Waals surface area contributed by atoms with Gasteiger partial charge in [-0.25, -0.2) is 17.8 Å². The number of amides is 3. The standard InChI is InChI=1S/C26H31FN6O7S/c1-41(39,40)32-12-10-31(11-13-32)24(38)22(36)30-26-8-6-17(7-9-26)15-33-23(37)20(34)19(29-25(26)33)21(35)28-14-16-2-4-18(27)5-3-16/h2-5,17,34H,6-15H2,1H3,(H,28,35)(H,30,36). The lowest BCUT2D eigenvalue weighted by molar-refractivity contribution is -0.148. The highest BCUT2D eigenvalue weighted by Crippen LogP contribution is 2.43. The third-order valence-electron chi connectivity index (χ3n) is 8.10. The number of rotatable bonds is 5. The highest BCUT2D eigenvalue weighted by atomic mass is 32.2. The molecule has 0 atom stereocenters. The number of fused-ring (bicyclic) bond motifs is 2. The van der Waals surface area contributed by atoms with Crippen LogP contribution in [-0.4, -0.2) is 82.4 Å². The first-order valence-electron chi connectivity index (χ1n) is 13.3. The van der Waals surface area contributed by atoms with Crippen LogP contribution in [0.3, 0.4) is 0 Å². The largest absolute Gasteiger partial charge is 0.501 e. The molecule has 4 heterocycles. The van der Waals surface area contributed by atoms with Crippen LogP contribution in [0.1, 0.15) is 47.6 Å². The smallest absolute Gasteiger partial charge is 0.311 e. The van der Waals surface area contributed by atoms with Crippen LogP contribution >= 0.6 is 0 Å². The number of aromatic nitrogens is 2. The minimum atomic E-state index is -3.42. The number of carbonyl (C=O) groups is 3. The molecule has 1 aromatic carbocycles. The summed E-state index contributed by atoms with van der Waals surface area (Å²) in [5, 5.41) is 16.0. The van der Waals surface area contributed by atoms with E-state index in [-0.39, 0.29) is 51.0 Å². The Morgan fingerprint density at radius 2 is 1.73 bits per heavy atom. The third-order valence-corrected chi connectivity index (χ3v) is 9.40. The van der Waals surface area contributed by atoms with Crippen LogP contribution in [0.25, 0.3) is 0 Å². The topological polar surface area (TPSA) is 171 Å². The highest BCUT2D eigenvalue weighted by Gasteiger charge is 2.47. The molecule has 3 amide bonds. The molecule has 2 bridgehead atoms. The van der Waals surface area contributed by atoms with E-state index < -0.39 is 56.1 Å². The maximum absolute atomic E-state index is 13.3. The van der Waals surface area contributed by atoms with E-state index >= 15 is 0 Å². The minimum absolute atomic E-state index is 0.0102. The van der Waals surface area contributed by atoms with Crippen LogP contribution in [0.2, 0.25) is 0 Å². The van der Waals surface area contributed by atoms with Gasteiger partial charge in [0.1, 0.15) is 11.6 Å². The Morgan fingerprint density at radius 3 is 2.34 bits per heavy atom. The molecule has 0 unspecified atom stereocenters. The van der Waals surface area contributed by atoms with Crippen molar-refractivity contribution in [1.29, 1.82) is 0 Å². The summed E-state index contributed by atoms with van der Waals surface area (Å²) in [5.74, 6) is -3.66. The Bertz CT molecular complexity index is 1540. The van der Waals surface area contributed by atoms with Crippen LogP contribution in [0, 0.1) is 11.7 Å². The fourth-order valence-corrected chi connectivity index (χ4v) is 6.59. The van der Waals surface area contributed by atoms with E-state index in [4.69, 9.17) is 0 Å². The Balaban J connectivity index is 1.39. The average Bonchev–Trinajstić information content (AvgIpc) is 3.19. The Morgan fingerprint density at radius 1 is 1.10 bits per heavy atom. The number of hydrogen-bond donors (Lipinski definition) is 3. The van der Waals surface area contributed by atoms with Crippen molar-refractivity contribution in [2.75, 3.05) is 32.4 Å². The first-order valence-corrected chi connectivity index (χ1v) is 15.2. The quantitative estimate of drug-likeness (QED) is 0.396. The number of piperazine rings is 1. The summed E-state index contributed by atoms with van der Waals surface area (Å²) in [6.45, 7) is 0.471. The van der Waals surface area contributed by atoms with Crippen LogP contribution in [0.5, 0.6) is 5.75 Å². The molecule has 4 aliphatic rings. The van der Waals surface area contributed by atoms with Crippen molar-refractivity contribution in [3.05, 3.63) is 57.5 Å². The number of halogens is 1. The monoisotopic (exact) mass is 590 g/mol. The molecule has 2 aromatic rings. The van der Waals surface area contributed by atoms with E-state index in [0.29, 0.717) is 31.2 Å². The molecule has 1 saturated heterocycles. The Hall–Kier alpha value is -3.85. The van der Waals surface area contributed by atoms with Gasteiger partial charge in [0.05, 0.1) is 11.8 Å². The van der Waals surface area contributed by atoms with Gasteiger partial charge in [-0.2, -0.15) is 4.31 Å². The van der Waals surface area contributed by atoms with Crippen molar-refractivity contribution >= 4 is 27.7 Å². The molecule has 220 valence electrons. The van der Waals surface area contributed by atoms with E-state index in [1.165, 1.54) is 38.0 Å². The molecule has 1 saturated carbocycles. The molecule has 15 heteroatoms. The van der Waals surface area contributed by atoms with Crippen LogP contribution in [0.15, 0.2) is 29.1 Å². The maximum Gasteiger partial charge on any atom is 0.311 e. The molecular weight excluding hydrogens is 559 g/mol. The van der Waals surface area contributed by atoms with E-state index in [2.05, 4.69) is 15.6 Å². The van der Waals surface area contributed by atoms with E-state index in [0.717, 1.165) is 6.26 Å². The maximum atomic E-state index is 13.3. The predicted octanol–water partition coefficient (Wildman–Crippen LogP) is -0.363. The second-order valence-electron chi connectivity index (χ2n) is 10.8. The summed E-state index contributed by atoms with van der Waals surface area (Å²) < 4.78 is 39.3. The molecule has 1 aliphatic carbocycles. The molecular formula is C26H31FN6O7S. The summed E-state index contributed by atoms with van der Waals surface area (Å²) >= 11 is 0. The molecule has 41 heavy (non-hydrogen) atoms. The SMILES string of the molecule is CS(=O)(=O)N1CCN(C(=O)C(=O)NC23CCC(CC2)Cn2c3nc(C(=O)NCc3ccc(F)cc3)c(O)c2=O)CC1. The number of benzene rings is 1. The lowest BCUT2D eigenvalue weighted by Crippen LogP contribution is -2.57. The molecule has 6 rings (SSSR count). The van der Waals surface area contributed by atoms with Gasteiger partial charge in [-0.15, -0.1) is 0 Å². The lowest BCUT2D eigenvalue weighted by atomic mass is 9.77. The lowest BCUT2D eigenvalue weighted by Gasteiger charge is -2.38. The molecule has 0 radical (unpaired) electrons. The summed E-state index contributed by atoms with van der Waals surface area (Å²) in [4.78, 5) is 58.3. The number of sulfonamides is 1. The number of carbonyl (C=O) groups excluding carboxylic acids is 3.